The highest BCUT2D eigenvalue weighted by Gasteiger charge is 1.95. The van der Waals surface area contributed by atoms with Gasteiger partial charge in [0, 0.05) is 11.8 Å². The first-order valence-corrected chi connectivity index (χ1v) is 6.03. The Hall–Kier alpha value is -1.20. The van der Waals surface area contributed by atoms with Crippen LogP contribution in [0.4, 0.5) is 0 Å². The number of ether oxygens (including phenoxy) is 1. The Morgan fingerprint density at radius 1 is 1.38 bits per heavy atom. The number of hydrogen-bond acceptors (Lipinski definition) is 2. The smallest absolute Gasteiger partial charge is 0.138 e. The number of halogens is 1. The van der Waals surface area contributed by atoms with E-state index in [4.69, 9.17) is 16.3 Å². The number of unbranched alkanes of at least 4 members (excludes halogenated alkanes) is 2. The molecule has 1 heterocycles. The number of alkyl halides is 1. The van der Waals surface area contributed by atoms with Crippen molar-refractivity contribution in [3.05, 3.63) is 24.0 Å². The molecule has 1 rings (SSSR count). The van der Waals surface area contributed by atoms with Crippen molar-refractivity contribution in [2.45, 2.75) is 26.2 Å². The van der Waals surface area contributed by atoms with Crippen LogP contribution in [-0.2, 0) is 0 Å². The molecule has 1 aromatic rings. The Labute approximate surface area is 102 Å². The standard InChI is InChI=1S/C13H16ClNO/c1-2-3-4-8-16-13-9-12(6-5-7-14)10-15-11-13/h9-11H,2-4,7-8H2,1H3. The summed E-state index contributed by atoms with van der Waals surface area (Å²) < 4.78 is 5.57. The monoisotopic (exact) mass is 237 g/mol. The third-order valence-corrected chi connectivity index (χ3v) is 2.16. The van der Waals surface area contributed by atoms with Gasteiger partial charge in [0.05, 0.1) is 18.7 Å². The van der Waals surface area contributed by atoms with Crippen LogP contribution in [0.3, 0.4) is 0 Å². The maximum absolute atomic E-state index is 5.57. The van der Waals surface area contributed by atoms with Gasteiger partial charge in [-0.25, -0.2) is 0 Å². The first-order valence-electron chi connectivity index (χ1n) is 5.49. The molecule has 2 nitrogen and oxygen atoms in total. The SMILES string of the molecule is CCCCCOc1cncc(C#CCCl)c1. The van der Waals surface area contributed by atoms with Gasteiger partial charge in [-0.05, 0) is 12.5 Å². The molecule has 0 aromatic carbocycles. The molecule has 0 aliphatic heterocycles. The molecule has 0 radical (unpaired) electrons. The average molecular weight is 238 g/mol. The molecule has 0 saturated heterocycles. The summed E-state index contributed by atoms with van der Waals surface area (Å²) >= 11 is 5.48. The van der Waals surface area contributed by atoms with Gasteiger partial charge in [-0.3, -0.25) is 4.98 Å². The second-order valence-corrected chi connectivity index (χ2v) is 3.67. The van der Waals surface area contributed by atoms with Crippen LogP contribution >= 0.6 is 11.6 Å². The van der Waals surface area contributed by atoms with Gasteiger partial charge in [0.1, 0.15) is 5.75 Å². The molecule has 3 heteroatoms. The van der Waals surface area contributed by atoms with Gasteiger partial charge in [0.2, 0.25) is 0 Å². The fraction of sp³-hybridized carbons (Fsp3) is 0.462. The van der Waals surface area contributed by atoms with Crippen molar-refractivity contribution in [1.82, 2.24) is 4.98 Å². The summed E-state index contributed by atoms with van der Waals surface area (Å²) in [4.78, 5) is 4.07. The molecule has 0 spiro atoms. The summed E-state index contributed by atoms with van der Waals surface area (Å²) in [5.74, 6) is 6.81. The lowest BCUT2D eigenvalue weighted by atomic mass is 10.2. The Morgan fingerprint density at radius 3 is 3.00 bits per heavy atom. The zero-order valence-corrected chi connectivity index (χ0v) is 10.3. The first kappa shape index (κ1) is 12.9. The Kier molecular flexibility index (Phi) is 6.44. The number of rotatable bonds is 5. The molecule has 0 saturated carbocycles. The van der Waals surface area contributed by atoms with E-state index in [1.165, 1.54) is 12.8 Å². The van der Waals surface area contributed by atoms with Crippen molar-refractivity contribution in [1.29, 1.82) is 0 Å². The first-order chi connectivity index (χ1) is 7.86. The zero-order valence-electron chi connectivity index (χ0n) is 9.50. The van der Waals surface area contributed by atoms with Gasteiger partial charge < -0.3 is 4.74 Å². The lowest BCUT2D eigenvalue weighted by Gasteiger charge is -2.04. The quantitative estimate of drug-likeness (QED) is 0.446. The Balaban J connectivity index is 2.47. The van der Waals surface area contributed by atoms with E-state index in [0.717, 1.165) is 24.3 Å². The molecule has 0 N–H and O–H groups in total. The molecule has 86 valence electrons. The minimum atomic E-state index is 0.335. The minimum Gasteiger partial charge on any atom is -0.492 e. The Morgan fingerprint density at radius 2 is 2.25 bits per heavy atom. The zero-order chi connectivity index (χ0) is 11.6. The van der Waals surface area contributed by atoms with Crippen molar-refractivity contribution >= 4 is 11.6 Å². The molecule has 0 fully saturated rings. The highest BCUT2D eigenvalue weighted by atomic mass is 35.5. The van der Waals surface area contributed by atoms with Crippen LogP contribution in [0.1, 0.15) is 31.7 Å². The summed E-state index contributed by atoms with van der Waals surface area (Å²) in [5, 5.41) is 0. The third kappa shape index (κ3) is 5.04. The van der Waals surface area contributed by atoms with E-state index in [2.05, 4.69) is 23.7 Å². The van der Waals surface area contributed by atoms with Crippen molar-refractivity contribution in [2.75, 3.05) is 12.5 Å². The van der Waals surface area contributed by atoms with Crippen molar-refractivity contribution in [3.8, 4) is 17.6 Å². The second-order valence-electron chi connectivity index (χ2n) is 3.40. The van der Waals surface area contributed by atoms with Gasteiger partial charge in [0.25, 0.3) is 0 Å². The van der Waals surface area contributed by atoms with Crippen molar-refractivity contribution in [2.24, 2.45) is 0 Å². The van der Waals surface area contributed by atoms with E-state index >= 15 is 0 Å². The number of nitrogens with zero attached hydrogens (tertiary/aromatic N) is 1. The highest BCUT2D eigenvalue weighted by molar-refractivity contribution is 6.19. The van der Waals surface area contributed by atoms with E-state index in [0.29, 0.717) is 5.88 Å². The predicted molar refractivity (Wildman–Crippen MR) is 66.9 cm³/mol. The van der Waals surface area contributed by atoms with E-state index in [1.54, 1.807) is 12.4 Å². The topological polar surface area (TPSA) is 22.1 Å². The highest BCUT2D eigenvalue weighted by Crippen LogP contribution is 2.11. The molecular formula is C13H16ClNO. The lowest BCUT2D eigenvalue weighted by Crippen LogP contribution is -1.97. The minimum absolute atomic E-state index is 0.335. The number of hydrogen-bond donors (Lipinski definition) is 0. The van der Waals surface area contributed by atoms with Gasteiger partial charge in [-0.2, -0.15) is 0 Å². The average Bonchev–Trinajstić information content (AvgIpc) is 2.33. The summed E-state index contributed by atoms with van der Waals surface area (Å²) in [6.07, 6.45) is 6.88. The fourth-order valence-corrected chi connectivity index (χ4v) is 1.31. The van der Waals surface area contributed by atoms with E-state index in [9.17, 15) is 0 Å². The van der Waals surface area contributed by atoms with Crippen LogP contribution in [0.2, 0.25) is 0 Å². The molecule has 16 heavy (non-hydrogen) atoms. The second kappa shape index (κ2) is 8.01. The van der Waals surface area contributed by atoms with Crippen LogP contribution in [-0.4, -0.2) is 17.5 Å². The molecule has 1 aromatic heterocycles. The largest absolute Gasteiger partial charge is 0.492 e. The molecular weight excluding hydrogens is 222 g/mol. The maximum atomic E-state index is 5.57. The van der Waals surface area contributed by atoms with E-state index in [-0.39, 0.29) is 0 Å². The molecule has 0 aliphatic carbocycles. The third-order valence-electron chi connectivity index (χ3n) is 2.03. The number of aromatic nitrogens is 1. The van der Waals surface area contributed by atoms with Crippen molar-refractivity contribution < 1.29 is 4.74 Å². The van der Waals surface area contributed by atoms with Gasteiger partial charge in [0.15, 0.2) is 0 Å². The van der Waals surface area contributed by atoms with Crippen LogP contribution in [0.25, 0.3) is 0 Å². The molecule has 0 amide bonds. The number of pyridine rings is 1. The van der Waals surface area contributed by atoms with E-state index < -0.39 is 0 Å². The van der Waals surface area contributed by atoms with Crippen LogP contribution in [0.5, 0.6) is 5.75 Å². The molecule has 0 aliphatic rings. The van der Waals surface area contributed by atoms with Gasteiger partial charge >= 0.3 is 0 Å². The molecule has 0 bridgehead atoms. The van der Waals surface area contributed by atoms with Gasteiger partial charge in [-0.1, -0.05) is 31.6 Å². The molecule has 0 atom stereocenters. The lowest BCUT2D eigenvalue weighted by molar-refractivity contribution is 0.305. The van der Waals surface area contributed by atoms with E-state index in [1.807, 2.05) is 6.07 Å². The summed E-state index contributed by atoms with van der Waals surface area (Å²) in [5.41, 5.74) is 0.841. The van der Waals surface area contributed by atoms with Crippen LogP contribution in [0, 0.1) is 11.8 Å². The summed E-state index contributed by atoms with van der Waals surface area (Å²) in [7, 11) is 0. The Bertz CT molecular complexity index is 368. The fourth-order valence-electron chi connectivity index (χ4n) is 1.24. The van der Waals surface area contributed by atoms with Crippen LogP contribution in [0.15, 0.2) is 18.5 Å². The summed E-state index contributed by atoms with van der Waals surface area (Å²) in [6, 6.07) is 1.89. The normalized spacial score (nSPS) is 9.38. The predicted octanol–water partition coefficient (Wildman–Crippen LogP) is 3.24. The van der Waals surface area contributed by atoms with Crippen LogP contribution < -0.4 is 4.74 Å². The van der Waals surface area contributed by atoms with Gasteiger partial charge in [-0.15, -0.1) is 11.6 Å². The molecule has 0 unspecified atom stereocenters. The van der Waals surface area contributed by atoms with Crippen molar-refractivity contribution in [3.63, 3.8) is 0 Å². The maximum Gasteiger partial charge on any atom is 0.138 e. The summed E-state index contributed by atoms with van der Waals surface area (Å²) in [6.45, 7) is 2.91.